The minimum absolute atomic E-state index is 0.0633. The summed E-state index contributed by atoms with van der Waals surface area (Å²) in [7, 11) is 1.56. The summed E-state index contributed by atoms with van der Waals surface area (Å²) in [6, 6.07) is 9.45. The maximum atomic E-state index is 13.1. The van der Waals surface area contributed by atoms with Gasteiger partial charge < -0.3 is 16.4 Å². The highest BCUT2D eigenvalue weighted by Crippen LogP contribution is 2.21. The molecule has 0 aromatic heterocycles. The van der Waals surface area contributed by atoms with Crippen LogP contribution in [-0.4, -0.2) is 13.0 Å². The fourth-order valence-electron chi connectivity index (χ4n) is 1.89. The Hall–Kier alpha value is -2.27. The quantitative estimate of drug-likeness (QED) is 0.761. The third-order valence-corrected chi connectivity index (χ3v) is 3.27. The minimum atomic E-state index is -0.463. The molecule has 4 nitrogen and oxygen atoms in total. The van der Waals surface area contributed by atoms with Crippen LogP contribution in [0.25, 0.3) is 0 Å². The molecular formula is C15H15ClFN3O. The number of carbonyl (C=O) groups excluding carboxylic acids is 1. The molecule has 2 aromatic rings. The van der Waals surface area contributed by atoms with Gasteiger partial charge in [0.1, 0.15) is 5.82 Å². The smallest absolute Gasteiger partial charge is 0.253 e. The molecule has 0 spiro atoms. The van der Waals surface area contributed by atoms with Crippen LogP contribution in [0.5, 0.6) is 0 Å². The minimum Gasteiger partial charge on any atom is -0.399 e. The van der Waals surface area contributed by atoms with E-state index in [1.807, 2.05) is 0 Å². The number of halogens is 2. The molecule has 0 heterocycles. The Bertz CT molecular complexity index is 676. The first kappa shape index (κ1) is 15.1. The molecular weight excluding hydrogens is 293 g/mol. The lowest BCUT2D eigenvalue weighted by atomic mass is 10.1. The van der Waals surface area contributed by atoms with Crippen molar-refractivity contribution < 1.29 is 9.18 Å². The second-order valence-corrected chi connectivity index (χ2v) is 4.89. The molecule has 110 valence electrons. The number of rotatable bonds is 4. The van der Waals surface area contributed by atoms with Gasteiger partial charge in [0, 0.05) is 25.0 Å². The van der Waals surface area contributed by atoms with E-state index in [4.69, 9.17) is 17.3 Å². The SMILES string of the molecule is CNC(=O)c1ccc(N)cc1NCc1ccc(F)c(Cl)c1. The van der Waals surface area contributed by atoms with Gasteiger partial charge in [-0.3, -0.25) is 4.79 Å². The van der Waals surface area contributed by atoms with Gasteiger partial charge in [0.2, 0.25) is 0 Å². The van der Waals surface area contributed by atoms with Gasteiger partial charge in [-0.25, -0.2) is 4.39 Å². The Morgan fingerprint density at radius 2 is 2.05 bits per heavy atom. The fourth-order valence-corrected chi connectivity index (χ4v) is 2.09. The van der Waals surface area contributed by atoms with E-state index in [0.717, 1.165) is 5.56 Å². The lowest BCUT2D eigenvalue weighted by Crippen LogP contribution is -2.19. The predicted molar refractivity (Wildman–Crippen MR) is 83.0 cm³/mol. The molecule has 0 saturated carbocycles. The van der Waals surface area contributed by atoms with Crippen molar-refractivity contribution in [1.29, 1.82) is 0 Å². The Morgan fingerprint density at radius 1 is 1.29 bits per heavy atom. The van der Waals surface area contributed by atoms with Crippen LogP contribution in [0.1, 0.15) is 15.9 Å². The average molecular weight is 308 g/mol. The van der Waals surface area contributed by atoms with E-state index in [1.54, 1.807) is 31.3 Å². The summed E-state index contributed by atoms with van der Waals surface area (Å²) < 4.78 is 13.1. The zero-order valence-electron chi connectivity index (χ0n) is 11.4. The van der Waals surface area contributed by atoms with Crippen LogP contribution in [0, 0.1) is 5.82 Å². The van der Waals surface area contributed by atoms with Crippen molar-refractivity contribution in [3.8, 4) is 0 Å². The highest BCUT2D eigenvalue weighted by molar-refractivity contribution is 6.30. The van der Waals surface area contributed by atoms with Crippen molar-refractivity contribution >= 4 is 28.9 Å². The Balaban J connectivity index is 2.20. The number of hydrogen-bond acceptors (Lipinski definition) is 3. The van der Waals surface area contributed by atoms with Crippen molar-refractivity contribution in [1.82, 2.24) is 5.32 Å². The first-order chi connectivity index (χ1) is 10.0. The summed E-state index contributed by atoms with van der Waals surface area (Å²) >= 11 is 5.74. The van der Waals surface area contributed by atoms with Gasteiger partial charge in [-0.05, 0) is 35.9 Å². The summed E-state index contributed by atoms with van der Waals surface area (Å²) in [4.78, 5) is 11.8. The number of nitrogens with one attached hydrogen (secondary N) is 2. The lowest BCUT2D eigenvalue weighted by Gasteiger charge is -2.12. The van der Waals surface area contributed by atoms with Crippen molar-refractivity contribution in [2.24, 2.45) is 0 Å². The molecule has 1 amide bonds. The van der Waals surface area contributed by atoms with Crippen molar-refractivity contribution in [2.45, 2.75) is 6.54 Å². The maximum Gasteiger partial charge on any atom is 0.253 e. The molecule has 6 heteroatoms. The van der Waals surface area contributed by atoms with Gasteiger partial charge >= 0.3 is 0 Å². The number of carbonyl (C=O) groups is 1. The van der Waals surface area contributed by atoms with Crippen LogP contribution in [0.15, 0.2) is 36.4 Å². The number of anilines is 2. The van der Waals surface area contributed by atoms with Crippen LogP contribution in [0.3, 0.4) is 0 Å². The molecule has 0 fully saturated rings. The van der Waals surface area contributed by atoms with E-state index in [1.165, 1.54) is 12.1 Å². The monoisotopic (exact) mass is 307 g/mol. The van der Waals surface area contributed by atoms with Crippen LogP contribution in [0.2, 0.25) is 5.02 Å². The Kier molecular flexibility index (Phi) is 4.65. The summed E-state index contributed by atoms with van der Waals surface area (Å²) in [6.45, 7) is 0.396. The first-order valence-electron chi connectivity index (χ1n) is 6.30. The number of nitrogens with two attached hydrogens (primary N) is 1. The normalized spacial score (nSPS) is 10.2. The van der Waals surface area contributed by atoms with E-state index in [9.17, 15) is 9.18 Å². The molecule has 0 bridgehead atoms. The predicted octanol–water partition coefficient (Wildman–Crippen LogP) is 3.03. The Morgan fingerprint density at radius 3 is 2.71 bits per heavy atom. The molecule has 0 saturated heterocycles. The van der Waals surface area contributed by atoms with Gasteiger partial charge in [-0.2, -0.15) is 0 Å². The standard InChI is InChI=1S/C15H15ClFN3O/c1-19-15(21)11-4-3-10(18)7-14(11)20-8-9-2-5-13(17)12(16)6-9/h2-7,20H,8,18H2,1H3,(H,19,21). The molecule has 0 atom stereocenters. The molecule has 21 heavy (non-hydrogen) atoms. The van der Waals surface area contributed by atoms with Crippen molar-refractivity contribution in [3.05, 3.63) is 58.4 Å². The topological polar surface area (TPSA) is 67.2 Å². The molecule has 2 rings (SSSR count). The van der Waals surface area contributed by atoms with Crippen LogP contribution in [0.4, 0.5) is 15.8 Å². The van der Waals surface area contributed by atoms with Gasteiger partial charge in [0.05, 0.1) is 10.6 Å². The number of nitrogen functional groups attached to an aromatic ring is 1. The van der Waals surface area contributed by atoms with Gasteiger partial charge in [0.15, 0.2) is 0 Å². The fraction of sp³-hybridized carbons (Fsp3) is 0.133. The van der Waals surface area contributed by atoms with Gasteiger partial charge in [-0.1, -0.05) is 17.7 Å². The number of hydrogen-bond donors (Lipinski definition) is 3. The van der Waals surface area contributed by atoms with Crippen molar-refractivity contribution in [2.75, 3.05) is 18.1 Å². The van der Waals surface area contributed by atoms with E-state index in [2.05, 4.69) is 10.6 Å². The largest absolute Gasteiger partial charge is 0.399 e. The third-order valence-electron chi connectivity index (χ3n) is 2.98. The third kappa shape index (κ3) is 3.64. The zero-order valence-corrected chi connectivity index (χ0v) is 12.2. The molecule has 0 radical (unpaired) electrons. The first-order valence-corrected chi connectivity index (χ1v) is 6.68. The lowest BCUT2D eigenvalue weighted by molar-refractivity contribution is 0.0964. The number of benzene rings is 2. The summed E-state index contributed by atoms with van der Waals surface area (Å²) in [5.74, 6) is -0.676. The van der Waals surface area contributed by atoms with Crippen LogP contribution >= 0.6 is 11.6 Å². The molecule has 0 aliphatic carbocycles. The highest BCUT2D eigenvalue weighted by Gasteiger charge is 2.10. The van der Waals surface area contributed by atoms with E-state index in [0.29, 0.717) is 23.5 Å². The molecule has 0 aliphatic rings. The highest BCUT2D eigenvalue weighted by atomic mass is 35.5. The number of amides is 1. The van der Waals surface area contributed by atoms with Crippen LogP contribution in [-0.2, 0) is 6.54 Å². The van der Waals surface area contributed by atoms with E-state index >= 15 is 0 Å². The van der Waals surface area contributed by atoms with Gasteiger partial charge in [-0.15, -0.1) is 0 Å². The molecule has 0 unspecified atom stereocenters. The van der Waals surface area contributed by atoms with Crippen molar-refractivity contribution in [3.63, 3.8) is 0 Å². The molecule has 2 aromatic carbocycles. The van der Waals surface area contributed by atoms with E-state index < -0.39 is 5.82 Å². The average Bonchev–Trinajstić information content (AvgIpc) is 2.48. The second kappa shape index (κ2) is 6.45. The zero-order chi connectivity index (χ0) is 15.4. The molecule has 0 aliphatic heterocycles. The summed E-state index contributed by atoms with van der Waals surface area (Å²) in [5.41, 5.74) is 8.17. The maximum absolute atomic E-state index is 13.1. The van der Waals surface area contributed by atoms with Crippen LogP contribution < -0.4 is 16.4 Å². The van der Waals surface area contributed by atoms with E-state index in [-0.39, 0.29) is 10.9 Å². The van der Waals surface area contributed by atoms with Gasteiger partial charge in [0.25, 0.3) is 5.91 Å². The molecule has 4 N–H and O–H groups in total. The summed E-state index contributed by atoms with van der Waals surface area (Å²) in [6.07, 6.45) is 0. The Labute approximate surface area is 127 Å². The summed E-state index contributed by atoms with van der Waals surface area (Å²) in [5, 5.41) is 5.74. The second-order valence-electron chi connectivity index (χ2n) is 4.49.